The number of carbonyl (C=O) groups is 2. The van der Waals surface area contributed by atoms with Crippen LogP contribution in [0.15, 0.2) is 42.7 Å². The molecule has 1 aromatic heterocycles. The zero-order chi connectivity index (χ0) is 17.6. The molecule has 1 aromatic carbocycles. The molecule has 0 radical (unpaired) electrons. The Kier molecular flexibility index (Phi) is 5.08. The number of hydrogen-bond donors (Lipinski definition) is 3. The van der Waals surface area contributed by atoms with E-state index in [2.05, 4.69) is 20.6 Å². The van der Waals surface area contributed by atoms with Crippen molar-refractivity contribution in [3.63, 3.8) is 0 Å². The van der Waals surface area contributed by atoms with Crippen LogP contribution in [-0.4, -0.2) is 35.0 Å². The zero-order valence-corrected chi connectivity index (χ0v) is 13.7. The number of hydrogen-bond acceptors (Lipinski definition) is 5. The van der Waals surface area contributed by atoms with Gasteiger partial charge in [0.25, 0.3) is 0 Å². The van der Waals surface area contributed by atoms with Gasteiger partial charge in [-0.3, -0.25) is 4.79 Å². The molecule has 130 valence electrons. The second-order valence-corrected chi connectivity index (χ2v) is 5.89. The fourth-order valence-electron chi connectivity index (χ4n) is 2.85. The normalized spacial score (nSPS) is 17.0. The molecular formula is C17H20N6O2. The first-order valence-electron chi connectivity index (χ1n) is 8.11. The number of anilines is 3. The minimum absolute atomic E-state index is 0.0313. The molecule has 3 rings (SSSR count). The SMILES string of the molecule is NC(=O)Nc1ccc(NC(=O)C2CCCN(c3ncccn3)C2)cc1. The largest absolute Gasteiger partial charge is 0.351 e. The van der Waals surface area contributed by atoms with Gasteiger partial charge in [0.15, 0.2) is 0 Å². The van der Waals surface area contributed by atoms with E-state index in [-0.39, 0.29) is 11.8 Å². The summed E-state index contributed by atoms with van der Waals surface area (Å²) >= 11 is 0. The van der Waals surface area contributed by atoms with Crippen LogP contribution in [0.3, 0.4) is 0 Å². The highest BCUT2D eigenvalue weighted by Gasteiger charge is 2.27. The molecule has 25 heavy (non-hydrogen) atoms. The number of piperidine rings is 1. The lowest BCUT2D eigenvalue weighted by Crippen LogP contribution is -2.41. The summed E-state index contributed by atoms with van der Waals surface area (Å²) in [6.45, 7) is 1.44. The Morgan fingerprint density at radius 3 is 2.36 bits per heavy atom. The van der Waals surface area contributed by atoms with Gasteiger partial charge in [-0.15, -0.1) is 0 Å². The smallest absolute Gasteiger partial charge is 0.316 e. The van der Waals surface area contributed by atoms with Crippen molar-refractivity contribution >= 4 is 29.3 Å². The van der Waals surface area contributed by atoms with Gasteiger partial charge in [0.05, 0.1) is 5.92 Å². The number of primary amides is 1. The van der Waals surface area contributed by atoms with E-state index in [1.807, 2.05) is 4.90 Å². The summed E-state index contributed by atoms with van der Waals surface area (Å²) < 4.78 is 0. The van der Waals surface area contributed by atoms with Gasteiger partial charge in [-0.25, -0.2) is 14.8 Å². The van der Waals surface area contributed by atoms with Crippen LogP contribution < -0.4 is 21.3 Å². The lowest BCUT2D eigenvalue weighted by molar-refractivity contribution is -0.120. The molecule has 1 saturated heterocycles. The molecule has 8 heteroatoms. The van der Waals surface area contributed by atoms with Crippen LogP contribution in [0.1, 0.15) is 12.8 Å². The van der Waals surface area contributed by atoms with Crippen molar-refractivity contribution in [1.29, 1.82) is 0 Å². The number of carbonyl (C=O) groups excluding carboxylic acids is 2. The minimum atomic E-state index is -0.623. The number of aromatic nitrogens is 2. The molecule has 0 saturated carbocycles. The summed E-state index contributed by atoms with van der Waals surface area (Å²) in [5.41, 5.74) is 6.32. The van der Waals surface area contributed by atoms with Crippen LogP contribution >= 0.6 is 0 Å². The van der Waals surface area contributed by atoms with Gasteiger partial charge in [0.2, 0.25) is 11.9 Å². The van der Waals surface area contributed by atoms with Crippen molar-refractivity contribution in [3.05, 3.63) is 42.7 Å². The molecule has 1 atom stereocenters. The number of benzene rings is 1. The van der Waals surface area contributed by atoms with Crippen LogP contribution in [0.25, 0.3) is 0 Å². The zero-order valence-electron chi connectivity index (χ0n) is 13.7. The second-order valence-electron chi connectivity index (χ2n) is 5.89. The standard InChI is InChI=1S/C17H20N6O2/c18-16(25)22-14-6-4-13(5-7-14)21-15(24)12-3-1-10-23(11-12)17-19-8-2-9-20-17/h2,4-9,12H,1,3,10-11H2,(H,21,24)(H3,18,22,25). The molecule has 1 unspecified atom stereocenters. The number of nitrogens with zero attached hydrogens (tertiary/aromatic N) is 3. The van der Waals surface area contributed by atoms with E-state index in [1.54, 1.807) is 42.7 Å². The van der Waals surface area contributed by atoms with Gasteiger partial charge in [-0.2, -0.15) is 0 Å². The van der Waals surface area contributed by atoms with E-state index in [4.69, 9.17) is 5.73 Å². The quantitative estimate of drug-likeness (QED) is 0.786. The molecule has 1 aliphatic rings. The topological polar surface area (TPSA) is 113 Å². The highest BCUT2D eigenvalue weighted by Crippen LogP contribution is 2.22. The van der Waals surface area contributed by atoms with Gasteiger partial charge in [0, 0.05) is 36.9 Å². The van der Waals surface area contributed by atoms with Gasteiger partial charge in [-0.1, -0.05) is 0 Å². The van der Waals surface area contributed by atoms with E-state index in [0.717, 1.165) is 19.4 Å². The maximum Gasteiger partial charge on any atom is 0.316 e. The van der Waals surface area contributed by atoms with Crippen molar-refractivity contribution in [3.8, 4) is 0 Å². The lowest BCUT2D eigenvalue weighted by atomic mass is 9.97. The summed E-state index contributed by atoms with van der Waals surface area (Å²) in [5, 5.41) is 5.39. The number of rotatable bonds is 4. The van der Waals surface area contributed by atoms with Crippen molar-refractivity contribution in [2.24, 2.45) is 11.7 Å². The Bertz CT molecular complexity index is 735. The Morgan fingerprint density at radius 1 is 1.08 bits per heavy atom. The third kappa shape index (κ3) is 4.43. The van der Waals surface area contributed by atoms with Crippen LogP contribution in [0.2, 0.25) is 0 Å². The number of nitrogens with two attached hydrogens (primary N) is 1. The van der Waals surface area contributed by atoms with Gasteiger partial charge in [0.1, 0.15) is 0 Å². The minimum Gasteiger partial charge on any atom is -0.351 e. The Hall–Kier alpha value is -3.16. The van der Waals surface area contributed by atoms with E-state index < -0.39 is 6.03 Å². The van der Waals surface area contributed by atoms with E-state index in [0.29, 0.717) is 23.9 Å². The maximum atomic E-state index is 12.5. The van der Waals surface area contributed by atoms with Crippen LogP contribution in [0.5, 0.6) is 0 Å². The van der Waals surface area contributed by atoms with Crippen LogP contribution in [0.4, 0.5) is 22.1 Å². The van der Waals surface area contributed by atoms with Gasteiger partial charge < -0.3 is 21.3 Å². The molecule has 8 nitrogen and oxygen atoms in total. The van der Waals surface area contributed by atoms with E-state index in [1.165, 1.54) is 0 Å². The molecule has 2 heterocycles. The molecular weight excluding hydrogens is 320 g/mol. The monoisotopic (exact) mass is 340 g/mol. The Balaban J connectivity index is 1.60. The van der Waals surface area contributed by atoms with Crippen LogP contribution in [-0.2, 0) is 4.79 Å². The summed E-state index contributed by atoms with van der Waals surface area (Å²) in [4.78, 5) is 33.9. The molecule has 3 amide bonds. The fraction of sp³-hybridized carbons (Fsp3) is 0.294. The summed E-state index contributed by atoms with van der Waals surface area (Å²) in [6, 6.07) is 7.97. The van der Waals surface area contributed by atoms with Crippen molar-refractivity contribution in [1.82, 2.24) is 9.97 Å². The molecule has 0 aliphatic carbocycles. The highest BCUT2D eigenvalue weighted by atomic mass is 16.2. The van der Waals surface area contributed by atoms with Crippen LogP contribution in [0, 0.1) is 5.92 Å². The third-order valence-corrected chi connectivity index (χ3v) is 4.05. The van der Waals surface area contributed by atoms with Crippen molar-refractivity contribution in [2.45, 2.75) is 12.8 Å². The van der Waals surface area contributed by atoms with Gasteiger partial charge >= 0.3 is 6.03 Å². The highest BCUT2D eigenvalue weighted by molar-refractivity contribution is 5.93. The second kappa shape index (κ2) is 7.61. The van der Waals surface area contributed by atoms with E-state index >= 15 is 0 Å². The number of nitrogens with one attached hydrogen (secondary N) is 2. The Labute approximate surface area is 145 Å². The third-order valence-electron chi connectivity index (χ3n) is 4.05. The number of amides is 3. The average Bonchev–Trinajstić information content (AvgIpc) is 2.64. The summed E-state index contributed by atoms with van der Waals surface area (Å²) in [7, 11) is 0. The lowest BCUT2D eigenvalue weighted by Gasteiger charge is -2.31. The molecule has 0 spiro atoms. The summed E-state index contributed by atoms with van der Waals surface area (Å²) in [6.07, 6.45) is 5.15. The van der Waals surface area contributed by atoms with E-state index in [9.17, 15) is 9.59 Å². The maximum absolute atomic E-state index is 12.5. The molecule has 1 aliphatic heterocycles. The number of urea groups is 1. The predicted molar refractivity (Wildman–Crippen MR) is 95.2 cm³/mol. The first kappa shape index (κ1) is 16.7. The Morgan fingerprint density at radius 2 is 1.72 bits per heavy atom. The molecule has 1 fully saturated rings. The van der Waals surface area contributed by atoms with Crippen molar-refractivity contribution in [2.75, 3.05) is 28.6 Å². The first-order chi connectivity index (χ1) is 12.1. The first-order valence-corrected chi connectivity index (χ1v) is 8.11. The molecule has 2 aromatic rings. The van der Waals surface area contributed by atoms with Gasteiger partial charge in [-0.05, 0) is 43.2 Å². The summed E-state index contributed by atoms with van der Waals surface area (Å²) in [5.74, 6) is 0.499. The predicted octanol–water partition coefficient (Wildman–Crippen LogP) is 1.82. The molecule has 4 N–H and O–H groups in total. The fourth-order valence-corrected chi connectivity index (χ4v) is 2.85. The van der Waals surface area contributed by atoms with Crippen molar-refractivity contribution < 1.29 is 9.59 Å². The molecule has 0 bridgehead atoms. The average molecular weight is 340 g/mol.